The third-order valence-corrected chi connectivity index (χ3v) is 5.48. The zero-order chi connectivity index (χ0) is 24.3. The maximum Gasteiger partial charge on any atom is 0.269 e. The van der Waals surface area contributed by atoms with Gasteiger partial charge < -0.3 is 19.9 Å². The van der Waals surface area contributed by atoms with Gasteiger partial charge in [-0.1, -0.05) is 12.1 Å². The molecule has 1 atom stereocenters. The second-order valence-electron chi connectivity index (χ2n) is 9.18. The molecule has 9 heteroatoms. The van der Waals surface area contributed by atoms with Crippen LogP contribution in [0.2, 0.25) is 0 Å². The van der Waals surface area contributed by atoms with Crippen LogP contribution >= 0.6 is 0 Å². The molecule has 1 aliphatic rings. The van der Waals surface area contributed by atoms with Gasteiger partial charge in [-0.05, 0) is 51.0 Å². The van der Waals surface area contributed by atoms with Crippen molar-refractivity contribution in [2.75, 3.05) is 32.1 Å². The first kappa shape index (κ1) is 24.0. The summed E-state index contributed by atoms with van der Waals surface area (Å²) in [6, 6.07) is 10.9. The van der Waals surface area contributed by atoms with Crippen LogP contribution in [0.4, 0.5) is 11.4 Å². The van der Waals surface area contributed by atoms with Gasteiger partial charge in [-0.15, -0.1) is 0 Å². The zero-order valence-electron chi connectivity index (χ0n) is 19.6. The number of methoxy groups -OCH3 is 1. The van der Waals surface area contributed by atoms with Gasteiger partial charge >= 0.3 is 0 Å². The first-order valence-corrected chi connectivity index (χ1v) is 10.7. The van der Waals surface area contributed by atoms with Crippen LogP contribution in [0.1, 0.15) is 37.9 Å². The molecule has 0 fully saturated rings. The lowest BCUT2D eigenvalue weighted by Crippen LogP contribution is -2.50. The van der Waals surface area contributed by atoms with Crippen molar-refractivity contribution in [3.8, 4) is 5.75 Å². The molecule has 9 nitrogen and oxygen atoms in total. The predicted molar refractivity (Wildman–Crippen MR) is 125 cm³/mol. The molecule has 1 aliphatic heterocycles. The number of likely N-dealkylation sites (N-methyl/N-ethyl adjacent to an activating group) is 1. The highest BCUT2D eigenvalue weighted by Gasteiger charge is 2.38. The normalized spacial score (nSPS) is 16.2. The smallest absolute Gasteiger partial charge is 0.269 e. The van der Waals surface area contributed by atoms with E-state index >= 15 is 0 Å². The lowest BCUT2D eigenvalue weighted by Gasteiger charge is -2.32. The molecule has 0 unspecified atom stereocenters. The molecule has 0 aliphatic carbocycles. The molecule has 3 rings (SSSR count). The highest BCUT2D eigenvalue weighted by Crippen LogP contribution is 2.36. The van der Waals surface area contributed by atoms with Crippen LogP contribution in [0.3, 0.4) is 0 Å². The molecule has 176 valence electrons. The minimum atomic E-state index is -0.991. The van der Waals surface area contributed by atoms with E-state index in [0.29, 0.717) is 17.7 Å². The van der Waals surface area contributed by atoms with E-state index in [9.17, 15) is 19.7 Å². The number of hydrogen-bond acceptors (Lipinski definition) is 6. The molecule has 33 heavy (non-hydrogen) atoms. The minimum Gasteiger partial charge on any atom is -0.497 e. The van der Waals surface area contributed by atoms with Crippen LogP contribution in [-0.4, -0.2) is 54.4 Å². The largest absolute Gasteiger partial charge is 0.497 e. The van der Waals surface area contributed by atoms with E-state index < -0.39 is 16.5 Å². The quantitative estimate of drug-likeness (QED) is 0.531. The fourth-order valence-electron chi connectivity index (χ4n) is 3.93. The number of rotatable bonds is 6. The molecule has 2 amide bonds. The van der Waals surface area contributed by atoms with Crippen LogP contribution in [0, 0.1) is 10.1 Å². The summed E-state index contributed by atoms with van der Waals surface area (Å²) >= 11 is 0. The van der Waals surface area contributed by atoms with Gasteiger partial charge in [-0.2, -0.15) is 0 Å². The molecular weight excluding hydrogens is 424 g/mol. The van der Waals surface area contributed by atoms with Gasteiger partial charge in [-0.25, -0.2) is 0 Å². The van der Waals surface area contributed by atoms with Crippen molar-refractivity contribution in [1.82, 2.24) is 10.2 Å². The van der Waals surface area contributed by atoms with Crippen molar-refractivity contribution in [1.29, 1.82) is 0 Å². The fourth-order valence-corrected chi connectivity index (χ4v) is 3.93. The molecule has 0 spiro atoms. The van der Waals surface area contributed by atoms with E-state index in [-0.39, 0.29) is 30.6 Å². The van der Waals surface area contributed by atoms with E-state index in [4.69, 9.17) is 4.74 Å². The van der Waals surface area contributed by atoms with E-state index in [1.54, 1.807) is 25.1 Å². The van der Waals surface area contributed by atoms with Gasteiger partial charge in [0.2, 0.25) is 11.8 Å². The lowest BCUT2D eigenvalue weighted by molar-refractivity contribution is -0.384. The number of anilines is 1. The Morgan fingerprint density at radius 2 is 1.88 bits per heavy atom. The molecule has 1 heterocycles. The topological polar surface area (TPSA) is 105 Å². The average Bonchev–Trinajstić information content (AvgIpc) is 2.84. The molecule has 2 aromatic carbocycles. The number of fused-ring (bicyclic) bond motifs is 1. The van der Waals surface area contributed by atoms with Crippen LogP contribution in [0.5, 0.6) is 5.75 Å². The lowest BCUT2D eigenvalue weighted by atomic mass is 9.99. The molecule has 2 aromatic rings. The SMILES string of the molecule is COc1ccc(CCN2C(=O)CN(C)c3ccc([N+](=O)[O-])cc3[C@H]2C(=O)NC(C)(C)C)cc1. The molecule has 1 N–H and O–H groups in total. The van der Waals surface area contributed by atoms with E-state index in [2.05, 4.69) is 5.32 Å². The number of non-ortho nitro benzene ring substituents is 1. The number of nitro benzene ring substituents is 1. The first-order chi connectivity index (χ1) is 15.5. The Balaban J connectivity index is 2.03. The Morgan fingerprint density at radius 3 is 2.45 bits per heavy atom. The first-order valence-electron chi connectivity index (χ1n) is 10.7. The van der Waals surface area contributed by atoms with E-state index in [1.165, 1.54) is 17.0 Å². The summed E-state index contributed by atoms with van der Waals surface area (Å²) in [7, 11) is 3.34. The van der Waals surface area contributed by atoms with Crippen molar-refractivity contribution in [2.24, 2.45) is 0 Å². The van der Waals surface area contributed by atoms with Crippen LogP contribution < -0.4 is 15.0 Å². The number of ether oxygens (including phenoxy) is 1. The third kappa shape index (κ3) is 5.60. The summed E-state index contributed by atoms with van der Waals surface area (Å²) in [6.45, 7) is 5.90. The molecule has 0 saturated heterocycles. The molecule has 0 saturated carbocycles. The van der Waals surface area contributed by atoms with Crippen molar-refractivity contribution in [3.63, 3.8) is 0 Å². The molecular formula is C24H30N4O5. The minimum absolute atomic E-state index is 0.0622. The summed E-state index contributed by atoms with van der Waals surface area (Å²) < 4.78 is 5.20. The van der Waals surface area contributed by atoms with Gasteiger partial charge in [0, 0.05) is 42.5 Å². The predicted octanol–water partition coefficient (Wildman–Crippen LogP) is 3.08. The third-order valence-electron chi connectivity index (χ3n) is 5.48. The van der Waals surface area contributed by atoms with Crippen molar-refractivity contribution >= 4 is 23.2 Å². The molecule has 0 aromatic heterocycles. The summed E-state index contributed by atoms with van der Waals surface area (Å²) in [4.78, 5) is 41.0. The number of carbonyl (C=O) groups excluding carboxylic acids is 2. The number of nitro groups is 1. The van der Waals surface area contributed by atoms with Gasteiger partial charge in [-0.3, -0.25) is 19.7 Å². The summed E-state index contributed by atoms with van der Waals surface area (Å²) in [6.07, 6.45) is 0.517. The highest BCUT2D eigenvalue weighted by molar-refractivity contribution is 5.94. The van der Waals surface area contributed by atoms with E-state index in [0.717, 1.165) is 11.3 Å². The Morgan fingerprint density at radius 1 is 1.21 bits per heavy atom. The number of hydrogen-bond donors (Lipinski definition) is 1. The standard InChI is InChI=1S/C24H30N4O5/c1-24(2,3)25-23(30)22-19-14-17(28(31)32)8-11-20(19)26(4)15-21(29)27(22)13-12-16-6-9-18(33-5)10-7-16/h6-11,14,22H,12-13,15H2,1-5H3,(H,25,30)/t22-/m0/s1. The van der Waals surface area contributed by atoms with Crippen molar-refractivity contribution in [3.05, 3.63) is 63.7 Å². The van der Waals surface area contributed by atoms with Crippen LogP contribution in [-0.2, 0) is 16.0 Å². The average molecular weight is 455 g/mol. The maximum atomic E-state index is 13.5. The Kier molecular flexibility index (Phi) is 6.90. The summed E-state index contributed by atoms with van der Waals surface area (Å²) in [5.74, 6) is 0.136. The second kappa shape index (κ2) is 9.48. The van der Waals surface area contributed by atoms with Gasteiger partial charge in [0.25, 0.3) is 5.69 Å². The molecule has 0 radical (unpaired) electrons. The van der Waals surface area contributed by atoms with Crippen LogP contribution in [0.15, 0.2) is 42.5 Å². The monoisotopic (exact) mass is 454 g/mol. The summed E-state index contributed by atoms with van der Waals surface area (Å²) in [5, 5.41) is 14.4. The van der Waals surface area contributed by atoms with Crippen molar-refractivity contribution < 1.29 is 19.2 Å². The Bertz CT molecular complexity index is 1050. The fraction of sp³-hybridized carbons (Fsp3) is 0.417. The van der Waals surface area contributed by atoms with Gasteiger partial charge in [0.15, 0.2) is 0 Å². The van der Waals surface area contributed by atoms with Gasteiger partial charge in [0.1, 0.15) is 11.8 Å². The van der Waals surface area contributed by atoms with Crippen molar-refractivity contribution in [2.45, 2.75) is 38.8 Å². The van der Waals surface area contributed by atoms with Gasteiger partial charge in [0.05, 0.1) is 18.6 Å². The number of nitrogens with one attached hydrogen (secondary N) is 1. The second-order valence-corrected chi connectivity index (χ2v) is 9.18. The Hall–Kier alpha value is -3.62. The molecule has 0 bridgehead atoms. The number of carbonyl (C=O) groups is 2. The summed E-state index contributed by atoms with van der Waals surface area (Å²) in [5.41, 5.74) is 1.38. The number of nitrogens with zero attached hydrogens (tertiary/aromatic N) is 3. The Labute approximate surface area is 193 Å². The van der Waals surface area contributed by atoms with E-state index in [1.807, 2.05) is 45.0 Å². The zero-order valence-corrected chi connectivity index (χ0v) is 19.6. The number of benzene rings is 2. The number of amides is 2. The maximum absolute atomic E-state index is 13.5. The van der Waals surface area contributed by atoms with Crippen LogP contribution in [0.25, 0.3) is 0 Å². The highest BCUT2D eigenvalue weighted by atomic mass is 16.6.